The Bertz CT molecular complexity index is 633. The van der Waals surface area contributed by atoms with Gasteiger partial charge in [-0.05, 0) is 32.0 Å². The fourth-order valence-corrected chi connectivity index (χ4v) is 2.15. The van der Waals surface area contributed by atoms with E-state index >= 15 is 0 Å². The number of nitrogens with one attached hydrogen (secondary N) is 1. The molecule has 0 aliphatic carbocycles. The van der Waals surface area contributed by atoms with Crippen LogP contribution in [-0.2, 0) is 0 Å². The normalized spacial score (nSPS) is 11.8. The third kappa shape index (κ3) is 3.18. The maximum absolute atomic E-state index is 12.2. The first-order valence-electron chi connectivity index (χ1n) is 6.63. The molecule has 1 aromatic heterocycles. The lowest BCUT2D eigenvalue weighted by atomic mass is 10.1. The third-order valence-electron chi connectivity index (χ3n) is 3.36. The van der Waals surface area contributed by atoms with Crippen LogP contribution in [0.2, 0.25) is 0 Å². The number of furan rings is 1. The number of methoxy groups -OCH3 is 2. The number of amides is 1. The highest BCUT2D eigenvalue weighted by Crippen LogP contribution is 2.29. The Hall–Kier alpha value is -2.43. The van der Waals surface area contributed by atoms with Crippen molar-refractivity contribution in [3.8, 4) is 11.5 Å². The summed E-state index contributed by atoms with van der Waals surface area (Å²) < 4.78 is 15.7. The molecular weight excluding hydrogens is 270 g/mol. The molecule has 2 rings (SSSR count). The number of aryl methyl sites for hydroxylation is 1. The minimum atomic E-state index is -0.201. The fourth-order valence-electron chi connectivity index (χ4n) is 2.15. The second-order valence-corrected chi connectivity index (χ2v) is 4.69. The van der Waals surface area contributed by atoms with Crippen molar-refractivity contribution >= 4 is 5.91 Å². The van der Waals surface area contributed by atoms with Crippen LogP contribution in [-0.4, -0.2) is 20.1 Å². The Morgan fingerprint density at radius 1 is 1.24 bits per heavy atom. The molecule has 0 spiro atoms. The van der Waals surface area contributed by atoms with Crippen LogP contribution >= 0.6 is 0 Å². The summed E-state index contributed by atoms with van der Waals surface area (Å²) in [5.74, 6) is 1.80. The number of hydrogen-bond acceptors (Lipinski definition) is 4. The molecule has 0 aliphatic heterocycles. The summed E-state index contributed by atoms with van der Waals surface area (Å²) in [6.45, 7) is 3.66. The first-order chi connectivity index (χ1) is 10.1. The molecule has 5 nitrogen and oxygen atoms in total. The van der Waals surface area contributed by atoms with Gasteiger partial charge >= 0.3 is 0 Å². The van der Waals surface area contributed by atoms with Crippen molar-refractivity contribution in [3.63, 3.8) is 0 Å². The lowest BCUT2D eigenvalue weighted by Gasteiger charge is -2.18. The van der Waals surface area contributed by atoms with E-state index in [1.54, 1.807) is 33.3 Å². The SMILES string of the molecule is COc1ccc(C(C)NC(=O)c2ccoc2C)c(OC)c1. The first-order valence-corrected chi connectivity index (χ1v) is 6.63. The van der Waals surface area contributed by atoms with Gasteiger partial charge in [0.25, 0.3) is 5.91 Å². The summed E-state index contributed by atoms with van der Waals surface area (Å²) in [6.07, 6.45) is 1.50. The van der Waals surface area contributed by atoms with Crippen molar-refractivity contribution in [3.05, 3.63) is 47.4 Å². The number of rotatable bonds is 5. The van der Waals surface area contributed by atoms with E-state index in [1.807, 2.05) is 19.1 Å². The minimum Gasteiger partial charge on any atom is -0.497 e. The molecule has 1 aromatic carbocycles. The molecule has 1 N–H and O–H groups in total. The topological polar surface area (TPSA) is 60.7 Å². The van der Waals surface area contributed by atoms with Gasteiger partial charge in [0.2, 0.25) is 0 Å². The first kappa shape index (κ1) is 15.0. The quantitative estimate of drug-likeness (QED) is 0.918. The monoisotopic (exact) mass is 289 g/mol. The molecule has 1 atom stereocenters. The van der Waals surface area contributed by atoms with Gasteiger partial charge in [-0.1, -0.05) is 0 Å². The molecule has 1 unspecified atom stereocenters. The number of carbonyl (C=O) groups is 1. The van der Waals surface area contributed by atoms with Crippen LogP contribution in [0, 0.1) is 6.92 Å². The van der Waals surface area contributed by atoms with Crippen LogP contribution in [0.25, 0.3) is 0 Å². The average molecular weight is 289 g/mol. The predicted molar refractivity (Wildman–Crippen MR) is 78.9 cm³/mol. The van der Waals surface area contributed by atoms with Crippen molar-refractivity contribution in [2.45, 2.75) is 19.9 Å². The van der Waals surface area contributed by atoms with E-state index in [9.17, 15) is 4.79 Å². The Kier molecular flexibility index (Phi) is 4.52. The number of ether oxygens (including phenoxy) is 2. The third-order valence-corrected chi connectivity index (χ3v) is 3.36. The molecule has 0 fully saturated rings. The van der Waals surface area contributed by atoms with Crippen LogP contribution in [0.3, 0.4) is 0 Å². The van der Waals surface area contributed by atoms with Crippen LogP contribution in [0.4, 0.5) is 0 Å². The number of carbonyl (C=O) groups excluding carboxylic acids is 1. The van der Waals surface area contributed by atoms with E-state index in [0.717, 1.165) is 5.56 Å². The smallest absolute Gasteiger partial charge is 0.255 e. The summed E-state index contributed by atoms with van der Waals surface area (Å²) >= 11 is 0. The molecule has 0 bridgehead atoms. The number of hydrogen-bond donors (Lipinski definition) is 1. The molecule has 2 aromatic rings. The molecular formula is C16H19NO4. The Morgan fingerprint density at radius 2 is 2.00 bits per heavy atom. The lowest BCUT2D eigenvalue weighted by Crippen LogP contribution is -2.27. The van der Waals surface area contributed by atoms with Gasteiger partial charge in [0.05, 0.1) is 32.1 Å². The van der Waals surface area contributed by atoms with Gasteiger partial charge < -0.3 is 19.2 Å². The molecule has 1 heterocycles. The van der Waals surface area contributed by atoms with Crippen LogP contribution < -0.4 is 14.8 Å². The van der Waals surface area contributed by atoms with Gasteiger partial charge in [-0.3, -0.25) is 4.79 Å². The highest BCUT2D eigenvalue weighted by Gasteiger charge is 2.18. The van der Waals surface area contributed by atoms with Gasteiger partial charge in [-0.2, -0.15) is 0 Å². The van der Waals surface area contributed by atoms with E-state index < -0.39 is 0 Å². The number of benzene rings is 1. The summed E-state index contributed by atoms with van der Waals surface area (Å²) in [6, 6.07) is 6.96. The molecule has 0 saturated heterocycles. The molecule has 0 radical (unpaired) electrons. The van der Waals surface area contributed by atoms with Gasteiger partial charge in [0.1, 0.15) is 17.3 Å². The van der Waals surface area contributed by atoms with Gasteiger partial charge in [-0.15, -0.1) is 0 Å². The van der Waals surface area contributed by atoms with Crippen LogP contribution in [0.15, 0.2) is 34.9 Å². The fraction of sp³-hybridized carbons (Fsp3) is 0.312. The standard InChI is InChI=1S/C16H19NO4/c1-10(17-16(18)14-7-8-21-11(14)2)13-6-5-12(19-3)9-15(13)20-4/h5-10H,1-4H3,(H,17,18). The zero-order chi connectivity index (χ0) is 15.4. The van der Waals surface area contributed by atoms with E-state index in [2.05, 4.69) is 5.32 Å². The minimum absolute atomic E-state index is 0.174. The van der Waals surface area contributed by atoms with E-state index in [4.69, 9.17) is 13.9 Å². The molecule has 21 heavy (non-hydrogen) atoms. The summed E-state index contributed by atoms with van der Waals surface area (Å²) in [5.41, 5.74) is 1.42. The Labute approximate surface area is 123 Å². The van der Waals surface area contributed by atoms with Crippen molar-refractivity contribution in [2.24, 2.45) is 0 Å². The molecule has 1 amide bonds. The lowest BCUT2D eigenvalue weighted by molar-refractivity contribution is 0.0938. The second-order valence-electron chi connectivity index (χ2n) is 4.69. The van der Waals surface area contributed by atoms with E-state index in [1.165, 1.54) is 6.26 Å². The largest absolute Gasteiger partial charge is 0.497 e. The van der Waals surface area contributed by atoms with Crippen molar-refractivity contribution < 1.29 is 18.7 Å². The van der Waals surface area contributed by atoms with Gasteiger partial charge in [-0.25, -0.2) is 0 Å². The molecule has 112 valence electrons. The zero-order valence-corrected chi connectivity index (χ0v) is 12.6. The van der Waals surface area contributed by atoms with Crippen molar-refractivity contribution in [1.82, 2.24) is 5.32 Å². The highest BCUT2D eigenvalue weighted by atomic mass is 16.5. The Balaban J connectivity index is 2.18. The summed E-state index contributed by atoms with van der Waals surface area (Å²) in [5, 5.41) is 2.93. The van der Waals surface area contributed by atoms with Crippen molar-refractivity contribution in [1.29, 1.82) is 0 Å². The maximum atomic E-state index is 12.2. The van der Waals surface area contributed by atoms with E-state index in [-0.39, 0.29) is 11.9 Å². The molecule has 0 aliphatic rings. The molecule has 0 saturated carbocycles. The van der Waals surface area contributed by atoms with Gasteiger partial charge in [0.15, 0.2) is 0 Å². The summed E-state index contributed by atoms with van der Waals surface area (Å²) in [4.78, 5) is 12.2. The predicted octanol–water partition coefficient (Wildman–Crippen LogP) is 3.10. The maximum Gasteiger partial charge on any atom is 0.255 e. The summed E-state index contributed by atoms with van der Waals surface area (Å²) in [7, 11) is 3.19. The second kappa shape index (κ2) is 6.35. The van der Waals surface area contributed by atoms with E-state index in [0.29, 0.717) is 22.8 Å². The highest BCUT2D eigenvalue weighted by molar-refractivity contribution is 5.95. The molecule has 5 heteroatoms. The Morgan fingerprint density at radius 3 is 2.57 bits per heavy atom. The van der Waals surface area contributed by atoms with Crippen LogP contribution in [0.1, 0.15) is 34.6 Å². The van der Waals surface area contributed by atoms with Crippen LogP contribution in [0.5, 0.6) is 11.5 Å². The zero-order valence-electron chi connectivity index (χ0n) is 12.6. The van der Waals surface area contributed by atoms with Gasteiger partial charge in [0, 0.05) is 11.6 Å². The van der Waals surface area contributed by atoms with Crippen molar-refractivity contribution in [2.75, 3.05) is 14.2 Å². The average Bonchev–Trinajstić information content (AvgIpc) is 2.92.